The zero-order valence-corrected chi connectivity index (χ0v) is 7.98. The summed E-state index contributed by atoms with van der Waals surface area (Å²) in [6.45, 7) is 0. The van der Waals surface area contributed by atoms with Gasteiger partial charge in [0.15, 0.2) is 0 Å². The van der Waals surface area contributed by atoms with Crippen LogP contribution in [0.1, 0.15) is 0 Å². The monoisotopic (exact) mass is 193 g/mol. The third kappa shape index (κ3) is 1.42. The minimum absolute atomic E-state index is 1.02. The van der Waals surface area contributed by atoms with Gasteiger partial charge >= 0.3 is 0 Å². The van der Waals surface area contributed by atoms with Crippen LogP contribution in [0.2, 0.25) is 0 Å². The molecule has 0 saturated carbocycles. The first-order chi connectivity index (χ1) is 5.90. The maximum atomic E-state index is 4.24. The molecule has 0 fully saturated rings. The van der Waals surface area contributed by atoms with Gasteiger partial charge in [-0.15, -0.1) is 11.7 Å². The van der Waals surface area contributed by atoms with Crippen molar-refractivity contribution in [1.82, 2.24) is 4.98 Å². The van der Waals surface area contributed by atoms with E-state index in [0.29, 0.717) is 0 Å². The first kappa shape index (κ1) is 7.95. The molecule has 1 nitrogen and oxygen atoms in total. The maximum absolute atomic E-state index is 4.24. The Morgan fingerprint density at radius 1 is 1.25 bits per heavy atom. The standard InChI is InChI=1S/C9H7NS2/c11-12-8-4-3-7-2-1-5-10-9(7)6-8/h1-6,11H. The van der Waals surface area contributed by atoms with Crippen LogP contribution in [-0.4, -0.2) is 4.98 Å². The molecule has 0 aliphatic heterocycles. The van der Waals surface area contributed by atoms with Crippen molar-refractivity contribution < 1.29 is 0 Å². The molecule has 0 spiro atoms. The fourth-order valence-corrected chi connectivity index (χ4v) is 1.74. The molecule has 0 unspecified atom stereocenters. The number of rotatable bonds is 1. The lowest BCUT2D eigenvalue weighted by Crippen LogP contribution is -1.76. The number of aromatic nitrogens is 1. The second-order valence-corrected chi connectivity index (χ2v) is 3.65. The summed E-state index contributed by atoms with van der Waals surface area (Å²) in [5, 5.41) is 1.17. The van der Waals surface area contributed by atoms with Gasteiger partial charge in [-0.1, -0.05) is 22.9 Å². The first-order valence-electron chi connectivity index (χ1n) is 3.56. The molecule has 0 amide bonds. The van der Waals surface area contributed by atoms with Gasteiger partial charge in [-0.3, -0.25) is 4.98 Å². The number of thiol groups is 1. The number of pyridine rings is 1. The zero-order valence-electron chi connectivity index (χ0n) is 6.27. The molecule has 0 radical (unpaired) electrons. The van der Waals surface area contributed by atoms with E-state index in [-0.39, 0.29) is 0 Å². The maximum Gasteiger partial charge on any atom is 0.0713 e. The van der Waals surface area contributed by atoms with Crippen molar-refractivity contribution in [3.8, 4) is 0 Å². The summed E-state index contributed by atoms with van der Waals surface area (Å²) in [6, 6.07) is 10.1. The zero-order chi connectivity index (χ0) is 8.39. The van der Waals surface area contributed by atoms with E-state index in [9.17, 15) is 0 Å². The van der Waals surface area contributed by atoms with E-state index in [4.69, 9.17) is 0 Å². The molecule has 0 aliphatic carbocycles. The third-order valence-corrected chi connectivity index (χ3v) is 2.78. The van der Waals surface area contributed by atoms with Crippen LogP contribution in [-0.2, 0) is 0 Å². The largest absolute Gasteiger partial charge is 0.256 e. The quantitative estimate of drug-likeness (QED) is 0.552. The number of benzene rings is 1. The summed E-state index contributed by atoms with van der Waals surface area (Å²) in [6.07, 6.45) is 1.80. The van der Waals surface area contributed by atoms with Crippen LogP contribution in [0.4, 0.5) is 0 Å². The highest BCUT2D eigenvalue weighted by molar-refractivity contribution is 8.68. The Bertz CT molecular complexity index is 400. The van der Waals surface area contributed by atoms with Crippen molar-refractivity contribution in [2.75, 3.05) is 0 Å². The Morgan fingerprint density at radius 3 is 3.00 bits per heavy atom. The van der Waals surface area contributed by atoms with Gasteiger partial charge in [0.2, 0.25) is 0 Å². The molecule has 1 aromatic carbocycles. The molecule has 1 aromatic heterocycles. The predicted octanol–water partition coefficient (Wildman–Crippen LogP) is 3.17. The van der Waals surface area contributed by atoms with E-state index < -0.39 is 0 Å². The lowest BCUT2D eigenvalue weighted by Gasteiger charge is -1.97. The SMILES string of the molecule is SSc1ccc2cccnc2c1. The van der Waals surface area contributed by atoms with Crippen molar-refractivity contribution in [3.63, 3.8) is 0 Å². The Kier molecular flexibility index (Phi) is 2.23. The molecule has 2 aromatic rings. The van der Waals surface area contributed by atoms with Crippen molar-refractivity contribution >= 4 is 33.4 Å². The summed E-state index contributed by atoms with van der Waals surface area (Å²) >= 11 is 4.12. The van der Waals surface area contributed by atoms with Crippen LogP contribution in [0.25, 0.3) is 10.9 Å². The van der Waals surface area contributed by atoms with Gasteiger partial charge in [0, 0.05) is 16.5 Å². The Balaban J connectivity index is 2.67. The topological polar surface area (TPSA) is 12.9 Å². The van der Waals surface area contributed by atoms with E-state index in [2.05, 4.69) is 28.8 Å². The lowest BCUT2D eigenvalue weighted by atomic mass is 10.2. The van der Waals surface area contributed by atoms with E-state index >= 15 is 0 Å². The van der Waals surface area contributed by atoms with Crippen LogP contribution in [0.5, 0.6) is 0 Å². The molecular formula is C9H7NS2. The van der Waals surface area contributed by atoms with Crippen molar-refractivity contribution in [2.24, 2.45) is 0 Å². The lowest BCUT2D eigenvalue weighted by molar-refractivity contribution is 1.38. The fraction of sp³-hybridized carbons (Fsp3) is 0. The van der Waals surface area contributed by atoms with Gasteiger partial charge in [-0.2, -0.15) is 0 Å². The highest BCUT2D eigenvalue weighted by atomic mass is 33.1. The molecule has 0 saturated heterocycles. The Labute approximate surface area is 80.0 Å². The molecular weight excluding hydrogens is 186 g/mol. The molecule has 1 heterocycles. The van der Waals surface area contributed by atoms with Crippen LogP contribution < -0.4 is 0 Å². The van der Waals surface area contributed by atoms with Gasteiger partial charge in [-0.05, 0) is 18.2 Å². The van der Waals surface area contributed by atoms with Gasteiger partial charge in [0.1, 0.15) is 0 Å². The van der Waals surface area contributed by atoms with Crippen molar-refractivity contribution in [3.05, 3.63) is 36.5 Å². The third-order valence-electron chi connectivity index (χ3n) is 1.68. The normalized spacial score (nSPS) is 10.4. The molecule has 3 heteroatoms. The van der Waals surface area contributed by atoms with E-state index in [0.717, 1.165) is 10.4 Å². The van der Waals surface area contributed by atoms with Gasteiger partial charge in [0.25, 0.3) is 0 Å². The Morgan fingerprint density at radius 2 is 2.17 bits per heavy atom. The predicted molar refractivity (Wildman–Crippen MR) is 56.6 cm³/mol. The average Bonchev–Trinajstić information content (AvgIpc) is 2.17. The highest BCUT2D eigenvalue weighted by Crippen LogP contribution is 2.24. The van der Waals surface area contributed by atoms with Crippen molar-refractivity contribution in [2.45, 2.75) is 4.90 Å². The van der Waals surface area contributed by atoms with E-state index in [1.807, 2.05) is 18.2 Å². The number of fused-ring (bicyclic) bond motifs is 1. The van der Waals surface area contributed by atoms with Crippen LogP contribution in [0, 0.1) is 0 Å². The number of nitrogens with zero attached hydrogens (tertiary/aromatic N) is 1. The average molecular weight is 193 g/mol. The molecule has 0 N–H and O–H groups in total. The van der Waals surface area contributed by atoms with Crippen LogP contribution >= 0.6 is 22.5 Å². The first-order valence-corrected chi connectivity index (χ1v) is 5.43. The molecule has 60 valence electrons. The number of hydrogen-bond donors (Lipinski definition) is 1. The molecule has 0 aliphatic rings. The molecule has 12 heavy (non-hydrogen) atoms. The Hall–Kier alpha value is -0.670. The summed E-state index contributed by atoms with van der Waals surface area (Å²) in [4.78, 5) is 5.37. The summed E-state index contributed by atoms with van der Waals surface area (Å²) in [5.41, 5.74) is 1.02. The minimum atomic E-state index is 1.02. The van der Waals surface area contributed by atoms with Crippen LogP contribution in [0.3, 0.4) is 0 Å². The summed E-state index contributed by atoms with van der Waals surface area (Å²) in [5.74, 6) is 0. The second-order valence-electron chi connectivity index (χ2n) is 2.45. The summed E-state index contributed by atoms with van der Waals surface area (Å²) in [7, 11) is 1.44. The van der Waals surface area contributed by atoms with Crippen LogP contribution in [0.15, 0.2) is 41.4 Å². The second kappa shape index (κ2) is 3.37. The highest BCUT2D eigenvalue weighted by Gasteiger charge is 1.94. The summed E-state index contributed by atoms with van der Waals surface area (Å²) < 4.78 is 0. The smallest absolute Gasteiger partial charge is 0.0713 e. The van der Waals surface area contributed by atoms with Gasteiger partial charge in [-0.25, -0.2) is 0 Å². The van der Waals surface area contributed by atoms with Gasteiger partial charge < -0.3 is 0 Å². The minimum Gasteiger partial charge on any atom is -0.256 e. The molecule has 0 bridgehead atoms. The van der Waals surface area contributed by atoms with Gasteiger partial charge in [0.05, 0.1) is 5.52 Å². The van der Waals surface area contributed by atoms with Crippen molar-refractivity contribution in [1.29, 1.82) is 0 Å². The molecule has 0 atom stereocenters. The molecule has 2 rings (SSSR count). The van der Waals surface area contributed by atoms with E-state index in [1.54, 1.807) is 6.20 Å². The fourth-order valence-electron chi connectivity index (χ4n) is 1.10. The van der Waals surface area contributed by atoms with E-state index in [1.165, 1.54) is 16.2 Å². The number of hydrogen-bond acceptors (Lipinski definition) is 3.